The van der Waals surface area contributed by atoms with Crippen molar-refractivity contribution in [2.24, 2.45) is 5.92 Å². The van der Waals surface area contributed by atoms with Crippen LogP contribution in [-0.2, 0) is 24.3 Å². The number of benzene rings is 2. The maximum Gasteiger partial charge on any atom is 0.304 e. The molecule has 2 N–H and O–H groups in total. The fourth-order valence-corrected chi connectivity index (χ4v) is 4.98. The summed E-state index contributed by atoms with van der Waals surface area (Å²) in [4.78, 5) is 11.5. The lowest BCUT2D eigenvalue weighted by Gasteiger charge is -2.25. The standard InChI is InChI=1S/C22H30N2O5S/c1-15(2)12-19(14-23-21-10-11-28-22(21)29-16(3)25)24-30(26,27)20-9-8-17-6-4-5-7-18(17)13-20/h4-9,13,15,19,21-24H,10-12,14H2,1-3H3/t19-,21+,22+/m1/s1. The van der Waals surface area contributed by atoms with Gasteiger partial charge in [-0.25, -0.2) is 13.1 Å². The van der Waals surface area contributed by atoms with Gasteiger partial charge in [0.2, 0.25) is 16.3 Å². The third kappa shape index (κ3) is 6.01. The van der Waals surface area contributed by atoms with E-state index in [-0.39, 0.29) is 17.0 Å². The first kappa shape index (κ1) is 22.7. The quantitative estimate of drug-likeness (QED) is 0.590. The van der Waals surface area contributed by atoms with Crippen molar-refractivity contribution in [2.45, 2.75) is 56.9 Å². The van der Waals surface area contributed by atoms with Crippen LogP contribution in [0.15, 0.2) is 47.4 Å². The van der Waals surface area contributed by atoms with E-state index >= 15 is 0 Å². The molecule has 0 spiro atoms. The Morgan fingerprint density at radius 1 is 1.20 bits per heavy atom. The van der Waals surface area contributed by atoms with E-state index in [1.54, 1.807) is 12.1 Å². The van der Waals surface area contributed by atoms with Gasteiger partial charge in [-0.15, -0.1) is 0 Å². The molecule has 0 unspecified atom stereocenters. The van der Waals surface area contributed by atoms with Gasteiger partial charge in [-0.05, 0) is 41.7 Å². The van der Waals surface area contributed by atoms with Crippen LogP contribution in [0.1, 0.15) is 33.6 Å². The maximum atomic E-state index is 13.0. The number of sulfonamides is 1. The second kappa shape index (κ2) is 9.87. The van der Waals surface area contributed by atoms with Gasteiger partial charge in [0.1, 0.15) is 0 Å². The molecule has 0 saturated carbocycles. The highest BCUT2D eigenvalue weighted by molar-refractivity contribution is 7.89. The lowest BCUT2D eigenvalue weighted by molar-refractivity contribution is -0.170. The molecule has 2 aromatic carbocycles. The summed E-state index contributed by atoms with van der Waals surface area (Å²) in [6.45, 7) is 6.36. The van der Waals surface area contributed by atoms with Crippen LogP contribution in [0.25, 0.3) is 10.8 Å². The molecule has 0 aromatic heterocycles. The van der Waals surface area contributed by atoms with Crippen LogP contribution in [0.3, 0.4) is 0 Å². The molecule has 7 nitrogen and oxygen atoms in total. The Bertz CT molecular complexity index is 976. The molecule has 1 aliphatic heterocycles. The fraction of sp³-hybridized carbons (Fsp3) is 0.500. The third-order valence-corrected chi connectivity index (χ3v) is 6.58. The first-order chi connectivity index (χ1) is 14.2. The molecule has 2 aromatic rings. The lowest BCUT2D eigenvalue weighted by Crippen LogP contribution is -2.48. The average Bonchev–Trinajstić information content (AvgIpc) is 3.11. The molecule has 3 rings (SSSR count). The summed E-state index contributed by atoms with van der Waals surface area (Å²) in [6, 6.07) is 12.3. The van der Waals surface area contributed by atoms with E-state index in [9.17, 15) is 13.2 Å². The Morgan fingerprint density at radius 3 is 2.63 bits per heavy atom. The van der Waals surface area contributed by atoms with Crippen molar-refractivity contribution >= 4 is 26.8 Å². The molecule has 0 amide bonds. The van der Waals surface area contributed by atoms with E-state index in [0.29, 0.717) is 31.9 Å². The van der Waals surface area contributed by atoms with Crippen molar-refractivity contribution in [1.82, 2.24) is 10.0 Å². The molecular formula is C22H30N2O5S. The highest BCUT2D eigenvalue weighted by Crippen LogP contribution is 2.20. The number of hydrogen-bond donors (Lipinski definition) is 2. The van der Waals surface area contributed by atoms with Crippen molar-refractivity contribution in [2.75, 3.05) is 13.2 Å². The van der Waals surface area contributed by atoms with Crippen LogP contribution < -0.4 is 10.0 Å². The predicted molar refractivity (Wildman–Crippen MR) is 115 cm³/mol. The Kier molecular flexibility index (Phi) is 7.46. The molecule has 0 aliphatic carbocycles. The monoisotopic (exact) mass is 434 g/mol. The van der Waals surface area contributed by atoms with Gasteiger partial charge in [0.25, 0.3) is 0 Å². The summed E-state index contributed by atoms with van der Waals surface area (Å²) in [5.41, 5.74) is 0. The molecule has 0 bridgehead atoms. The second-order valence-corrected chi connectivity index (χ2v) is 9.82. The SMILES string of the molecule is CC(=O)O[C@@H]1OCC[C@@H]1NC[C@@H](CC(C)C)NS(=O)(=O)c1ccc2ccccc2c1. The van der Waals surface area contributed by atoms with Crippen LogP contribution in [0.2, 0.25) is 0 Å². The molecule has 0 radical (unpaired) electrons. The summed E-state index contributed by atoms with van der Waals surface area (Å²) < 4.78 is 39.6. The highest BCUT2D eigenvalue weighted by Gasteiger charge is 2.31. The Hall–Kier alpha value is -2.00. The van der Waals surface area contributed by atoms with Gasteiger partial charge in [-0.3, -0.25) is 4.79 Å². The predicted octanol–water partition coefficient (Wildman–Crippen LogP) is 2.80. The molecule has 8 heteroatoms. The van der Waals surface area contributed by atoms with Gasteiger partial charge in [0, 0.05) is 19.5 Å². The van der Waals surface area contributed by atoms with Crippen molar-refractivity contribution in [3.05, 3.63) is 42.5 Å². The van der Waals surface area contributed by atoms with Gasteiger partial charge >= 0.3 is 5.97 Å². The zero-order valence-electron chi connectivity index (χ0n) is 17.6. The third-order valence-electron chi connectivity index (χ3n) is 5.06. The van der Waals surface area contributed by atoms with Gasteiger partial charge in [-0.1, -0.05) is 44.2 Å². The number of carbonyl (C=O) groups excluding carboxylic acids is 1. The average molecular weight is 435 g/mol. The molecule has 1 aliphatic rings. The van der Waals surface area contributed by atoms with Crippen LogP contribution in [0.5, 0.6) is 0 Å². The molecule has 164 valence electrons. The number of fused-ring (bicyclic) bond motifs is 1. The topological polar surface area (TPSA) is 93.7 Å². The zero-order valence-corrected chi connectivity index (χ0v) is 18.4. The second-order valence-electron chi connectivity index (χ2n) is 8.11. The zero-order chi connectivity index (χ0) is 21.7. The Morgan fingerprint density at radius 2 is 1.93 bits per heavy atom. The lowest BCUT2D eigenvalue weighted by atomic mass is 10.0. The molecule has 30 heavy (non-hydrogen) atoms. The summed E-state index contributed by atoms with van der Waals surface area (Å²) in [5, 5.41) is 5.19. The van der Waals surface area contributed by atoms with Crippen LogP contribution in [-0.4, -0.2) is 45.9 Å². The Labute approximate surface area is 178 Å². The van der Waals surface area contributed by atoms with E-state index in [0.717, 1.165) is 10.8 Å². The molecular weight excluding hydrogens is 404 g/mol. The van der Waals surface area contributed by atoms with Gasteiger partial charge in [0.05, 0.1) is 17.5 Å². The van der Waals surface area contributed by atoms with Crippen molar-refractivity contribution in [1.29, 1.82) is 0 Å². The van der Waals surface area contributed by atoms with E-state index in [2.05, 4.69) is 23.9 Å². The van der Waals surface area contributed by atoms with Gasteiger partial charge in [-0.2, -0.15) is 0 Å². The summed E-state index contributed by atoms with van der Waals surface area (Å²) in [7, 11) is -3.68. The number of esters is 1. The molecule has 3 atom stereocenters. The number of hydrogen-bond acceptors (Lipinski definition) is 6. The minimum absolute atomic E-state index is 0.159. The van der Waals surface area contributed by atoms with E-state index < -0.39 is 22.3 Å². The highest BCUT2D eigenvalue weighted by atomic mass is 32.2. The first-order valence-electron chi connectivity index (χ1n) is 10.3. The van der Waals surface area contributed by atoms with Crippen LogP contribution >= 0.6 is 0 Å². The first-order valence-corrected chi connectivity index (χ1v) is 11.8. The number of carbonyl (C=O) groups is 1. The van der Waals surface area contributed by atoms with Crippen molar-refractivity contribution in [3.63, 3.8) is 0 Å². The number of ether oxygens (including phenoxy) is 2. The van der Waals surface area contributed by atoms with E-state index in [1.807, 2.05) is 30.3 Å². The Balaban J connectivity index is 1.70. The maximum absolute atomic E-state index is 13.0. The normalized spacial score (nSPS) is 20.5. The largest absolute Gasteiger partial charge is 0.434 e. The van der Waals surface area contributed by atoms with Crippen LogP contribution in [0, 0.1) is 5.92 Å². The van der Waals surface area contributed by atoms with E-state index in [1.165, 1.54) is 6.92 Å². The number of rotatable bonds is 9. The summed E-state index contributed by atoms with van der Waals surface area (Å²) in [5.74, 6) is -0.0929. The minimum atomic E-state index is -3.68. The van der Waals surface area contributed by atoms with Crippen LogP contribution in [0.4, 0.5) is 0 Å². The summed E-state index contributed by atoms with van der Waals surface area (Å²) >= 11 is 0. The van der Waals surface area contributed by atoms with E-state index in [4.69, 9.17) is 9.47 Å². The number of nitrogens with one attached hydrogen (secondary N) is 2. The molecule has 1 saturated heterocycles. The van der Waals surface area contributed by atoms with Gasteiger partial charge < -0.3 is 14.8 Å². The molecule has 1 fully saturated rings. The van der Waals surface area contributed by atoms with Crippen molar-refractivity contribution in [3.8, 4) is 0 Å². The summed E-state index contributed by atoms with van der Waals surface area (Å²) in [6.07, 6.45) is 0.731. The fourth-order valence-electron chi connectivity index (χ4n) is 3.70. The minimum Gasteiger partial charge on any atom is -0.434 e. The smallest absolute Gasteiger partial charge is 0.304 e. The van der Waals surface area contributed by atoms with Gasteiger partial charge in [0.15, 0.2) is 0 Å². The van der Waals surface area contributed by atoms with Crippen molar-refractivity contribution < 1.29 is 22.7 Å². The molecule has 1 heterocycles.